The Balaban J connectivity index is 2.26. The highest BCUT2D eigenvalue weighted by Crippen LogP contribution is 2.24. The van der Waals surface area contributed by atoms with Gasteiger partial charge in [0.1, 0.15) is 0 Å². The van der Waals surface area contributed by atoms with Crippen LogP contribution < -0.4 is 0 Å². The number of carboxylic acids is 1. The van der Waals surface area contributed by atoms with Crippen molar-refractivity contribution in [2.75, 3.05) is 0 Å². The summed E-state index contributed by atoms with van der Waals surface area (Å²) in [6, 6.07) is 8.18. The molecule has 0 fully saturated rings. The van der Waals surface area contributed by atoms with Crippen molar-refractivity contribution in [3.8, 4) is 0 Å². The van der Waals surface area contributed by atoms with Gasteiger partial charge < -0.3 is 5.11 Å². The minimum atomic E-state index is -0.651. The van der Waals surface area contributed by atoms with Crippen LogP contribution in [-0.2, 0) is 17.6 Å². The Kier molecular flexibility index (Phi) is 2.53. The Morgan fingerprint density at radius 1 is 1.29 bits per heavy atom. The summed E-state index contributed by atoms with van der Waals surface area (Å²) in [6.45, 7) is 0. The number of carboxylic acid groups (broad SMARTS) is 1. The van der Waals surface area contributed by atoms with Gasteiger partial charge in [0, 0.05) is 0 Å². The summed E-state index contributed by atoms with van der Waals surface area (Å²) in [5.74, 6) is -0.833. The van der Waals surface area contributed by atoms with Gasteiger partial charge in [-0.15, -0.1) is 0 Å². The van der Waals surface area contributed by atoms with Crippen molar-refractivity contribution in [1.29, 1.82) is 0 Å². The molecule has 74 valence electrons. The topological polar surface area (TPSA) is 37.3 Å². The summed E-state index contributed by atoms with van der Waals surface area (Å²) in [4.78, 5) is 10.9. The quantitative estimate of drug-likeness (QED) is 0.690. The van der Waals surface area contributed by atoms with Gasteiger partial charge >= 0.3 is 5.97 Å². The fourth-order valence-electron chi connectivity index (χ4n) is 2.12. The zero-order chi connectivity index (χ0) is 9.97. The number of fused-ring (bicyclic) bond motifs is 1. The van der Waals surface area contributed by atoms with Crippen LogP contribution in [0.1, 0.15) is 24.0 Å². The number of aliphatic carboxylic acids is 1. The zero-order valence-electron chi connectivity index (χ0n) is 8.07. The lowest BCUT2D eigenvalue weighted by molar-refractivity contribution is -0.141. The minimum absolute atomic E-state index is 0.182. The van der Waals surface area contributed by atoms with E-state index in [2.05, 4.69) is 12.1 Å². The molecule has 0 amide bonds. The number of rotatable bonds is 1. The Hall–Kier alpha value is -1.31. The van der Waals surface area contributed by atoms with Gasteiger partial charge in [-0.3, -0.25) is 4.79 Å². The van der Waals surface area contributed by atoms with Crippen LogP contribution in [-0.4, -0.2) is 11.1 Å². The van der Waals surface area contributed by atoms with Crippen molar-refractivity contribution in [3.05, 3.63) is 35.4 Å². The maximum atomic E-state index is 10.9. The second-order valence-corrected chi connectivity index (χ2v) is 3.90. The molecule has 1 aliphatic carbocycles. The Morgan fingerprint density at radius 3 is 2.71 bits per heavy atom. The third-order valence-electron chi connectivity index (χ3n) is 2.93. The zero-order valence-corrected chi connectivity index (χ0v) is 8.07. The van der Waals surface area contributed by atoms with E-state index in [1.807, 2.05) is 12.1 Å². The molecule has 14 heavy (non-hydrogen) atoms. The molecule has 1 aliphatic rings. The van der Waals surface area contributed by atoms with E-state index in [0.717, 1.165) is 19.3 Å². The highest BCUT2D eigenvalue weighted by atomic mass is 16.4. The first-order valence-corrected chi connectivity index (χ1v) is 5.07. The van der Waals surface area contributed by atoms with Crippen LogP contribution in [0.4, 0.5) is 0 Å². The summed E-state index contributed by atoms with van der Waals surface area (Å²) >= 11 is 0. The van der Waals surface area contributed by atoms with Crippen LogP contribution in [0.3, 0.4) is 0 Å². The molecule has 0 aliphatic heterocycles. The van der Waals surface area contributed by atoms with Gasteiger partial charge in [0.2, 0.25) is 0 Å². The second kappa shape index (κ2) is 3.82. The summed E-state index contributed by atoms with van der Waals surface area (Å²) in [5, 5.41) is 8.99. The molecule has 1 aromatic rings. The van der Waals surface area contributed by atoms with Crippen LogP contribution in [0.15, 0.2) is 24.3 Å². The summed E-state index contributed by atoms with van der Waals surface area (Å²) in [7, 11) is 0. The molecular weight excluding hydrogens is 176 g/mol. The minimum Gasteiger partial charge on any atom is -0.481 e. The van der Waals surface area contributed by atoms with Crippen molar-refractivity contribution in [1.82, 2.24) is 0 Å². The van der Waals surface area contributed by atoms with Crippen molar-refractivity contribution in [3.63, 3.8) is 0 Å². The van der Waals surface area contributed by atoms with Gasteiger partial charge in [-0.1, -0.05) is 24.3 Å². The molecule has 1 unspecified atom stereocenters. The predicted octanol–water partition coefficient (Wildman–Crippen LogP) is 2.27. The van der Waals surface area contributed by atoms with Crippen molar-refractivity contribution in [2.24, 2.45) is 5.92 Å². The fraction of sp³-hybridized carbons (Fsp3) is 0.417. The molecule has 2 heteroatoms. The van der Waals surface area contributed by atoms with E-state index >= 15 is 0 Å². The number of hydrogen-bond donors (Lipinski definition) is 1. The van der Waals surface area contributed by atoms with Crippen LogP contribution in [0.2, 0.25) is 0 Å². The Bertz CT molecular complexity index is 344. The molecule has 0 saturated carbocycles. The molecule has 0 spiro atoms. The van der Waals surface area contributed by atoms with E-state index < -0.39 is 5.97 Å². The van der Waals surface area contributed by atoms with Crippen molar-refractivity contribution in [2.45, 2.75) is 25.7 Å². The summed E-state index contributed by atoms with van der Waals surface area (Å²) in [5.41, 5.74) is 2.55. The van der Waals surface area contributed by atoms with E-state index in [1.165, 1.54) is 11.1 Å². The second-order valence-electron chi connectivity index (χ2n) is 3.90. The average Bonchev–Trinajstić information content (AvgIpc) is 2.39. The molecule has 0 aromatic heterocycles. The number of carbonyl (C=O) groups is 1. The molecule has 0 saturated heterocycles. The van der Waals surface area contributed by atoms with Crippen molar-refractivity contribution >= 4 is 5.97 Å². The van der Waals surface area contributed by atoms with E-state index in [-0.39, 0.29) is 5.92 Å². The fourth-order valence-corrected chi connectivity index (χ4v) is 2.12. The third kappa shape index (κ3) is 1.79. The summed E-state index contributed by atoms with van der Waals surface area (Å²) in [6.07, 6.45) is 3.53. The van der Waals surface area contributed by atoms with Crippen molar-refractivity contribution < 1.29 is 9.90 Å². The molecule has 1 aromatic carbocycles. The van der Waals surface area contributed by atoms with Gasteiger partial charge in [-0.25, -0.2) is 0 Å². The lowest BCUT2D eigenvalue weighted by atomic mass is 9.97. The molecule has 0 heterocycles. The molecule has 0 bridgehead atoms. The van der Waals surface area contributed by atoms with Gasteiger partial charge in [-0.05, 0) is 36.8 Å². The SMILES string of the molecule is O=C(O)C1CCCc2ccccc2C1. The standard InChI is InChI=1S/C12H14O2/c13-12(14)11-7-3-6-9-4-1-2-5-10(9)8-11/h1-2,4-5,11H,3,6-8H2,(H,13,14). The first kappa shape index (κ1) is 9.25. The number of benzene rings is 1. The van der Waals surface area contributed by atoms with Crippen LogP contribution in [0.5, 0.6) is 0 Å². The maximum absolute atomic E-state index is 10.9. The van der Waals surface area contributed by atoms with E-state index in [4.69, 9.17) is 5.11 Å². The molecule has 0 radical (unpaired) electrons. The smallest absolute Gasteiger partial charge is 0.306 e. The highest BCUT2D eigenvalue weighted by Gasteiger charge is 2.21. The van der Waals surface area contributed by atoms with Gasteiger partial charge in [-0.2, -0.15) is 0 Å². The average molecular weight is 190 g/mol. The van der Waals surface area contributed by atoms with E-state index in [0.29, 0.717) is 6.42 Å². The van der Waals surface area contributed by atoms with Crippen LogP contribution >= 0.6 is 0 Å². The molecule has 2 rings (SSSR count). The Morgan fingerprint density at radius 2 is 2.00 bits per heavy atom. The molecule has 2 nitrogen and oxygen atoms in total. The van der Waals surface area contributed by atoms with Gasteiger partial charge in [0.25, 0.3) is 0 Å². The van der Waals surface area contributed by atoms with Crippen LogP contribution in [0, 0.1) is 5.92 Å². The summed E-state index contributed by atoms with van der Waals surface area (Å²) < 4.78 is 0. The highest BCUT2D eigenvalue weighted by molar-refractivity contribution is 5.70. The first-order chi connectivity index (χ1) is 6.77. The third-order valence-corrected chi connectivity index (χ3v) is 2.93. The first-order valence-electron chi connectivity index (χ1n) is 5.07. The normalized spacial score (nSPS) is 21.0. The monoisotopic (exact) mass is 190 g/mol. The van der Waals surface area contributed by atoms with Gasteiger partial charge in [0.15, 0.2) is 0 Å². The molecular formula is C12H14O2. The van der Waals surface area contributed by atoms with E-state index in [9.17, 15) is 4.79 Å². The maximum Gasteiger partial charge on any atom is 0.306 e. The molecule has 1 N–H and O–H groups in total. The predicted molar refractivity (Wildman–Crippen MR) is 54.2 cm³/mol. The Labute approximate surface area is 83.6 Å². The molecule has 1 atom stereocenters. The van der Waals surface area contributed by atoms with Gasteiger partial charge in [0.05, 0.1) is 5.92 Å². The number of aryl methyl sites for hydroxylation is 1. The van der Waals surface area contributed by atoms with Crippen LogP contribution in [0.25, 0.3) is 0 Å². The largest absolute Gasteiger partial charge is 0.481 e. The number of hydrogen-bond acceptors (Lipinski definition) is 1. The lowest BCUT2D eigenvalue weighted by Gasteiger charge is -2.08. The lowest BCUT2D eigenvalue weighted by Crippen LogP contribution is -2.15. The van der Waals surface area contributed by atoms with E-state index in [1.54, 1.807) is 0 Å².